The molecule has 0 bridgehead atoms. The van der Waals surface area contributed by atoms with Gasteiger partial charge in [-0.15, -0.1) is 0 Å². The quantitative estimate of drug-likeness (QED) is 0.834. The summed E-state index contributed by atoms with van der Waals surface area (Å²) in [5, 5.41) is 9.26. The van der Waals surface area contributed by atoms with Crippen molar-refractivity contribution in [2.75, 3.05) is 37.6 Å². The zero-order valence-electron chi connectivity index (χ0n) is 12.2. The summed E-state index contributed by atoms with van der Waals surface area (Å²) in [5.41, 5.74) is 3.05. The van der Waals surface area contributed by atoms with Crippen molar-refractivity contribution in [1.82, 2.24) is 4.90 Å². The normalized spacial score (nSPS) is 16.7. The van der Waals surface area contributed by atoms with E-state index in [2.05, 4.69) is 41.8 Å². The van der Waals surface area contributed by atoms with Crippen LogP contribution in [0.15, 0.2) is 18.2 Å². The molecule has 0 unspecified atom stereocenters. The molecule has 0 aliphatic carbocycles. The number of nitrogens with zero attached hydrogens (tertiary/aromatic N) is 3. The van der Waals surface area contributed by atoms with Gasteiger partial charge >= 0.3 is 0 Å². The first-order valence-electron chi connectivity index (χ1n) is 7.08. The van der Waals surface area contributed by atoms with Crippen LogP contribution in [-0.4, -0.2) is 37.6 Å². The van der Waals surface area contributed by atoms with Crippen LogP contribution in [0.2, 0.25) is 0 Å². The van der Waals surface area contributed by atoms with E-state index < -0.39 is 0 Å². The van der Waals surface area contributed by atoms with E-state index in [0.29, 0.717) is 0 Å². The smallest absolute Gasteiger partial charge is 0.101 e. The summed E-state index contributed by atoms with van der Waals surface area (Å²) in [4.78, 5) is 4.86. The predicted octanol–water partition coefficient (Wildman–Crippen LogP) is 2.64. The summed E-state index contributed by atoms with van der Waals surface area (Å²) in [7, 11) is 0. The fourth-order valence-corrected chi connectivity index (χ4v) is 2.70. The molecule has 1 saturated heterocycles. The minimum absolute atomic E-state index is 0.723. The number of aryl methyl sites for hydroxylation is 1. The molecule has 0 spiro atoms. The number of piperazine rings is 1. The second-order valence-electron chi connectivity index (χ2n) is 5.81. The minimum Gasteiger partial charge on any atom is -0.368 e. The Kier molecular flexibility index (Phi) is 4.44. The van der Waals surface area contributed by atoms with Crippen LogP contribution < -0.4 is 4.90 Å². The number of anilines is 1. The molecule has 3 nitrogen and oxygen atoms in total. The summed E-state index contributed by atoms with van der Waals surface area (Å²) in [6.07, 6.45) is 0. The highest BCUT2D eigenvalue weighted by molar-refractivity contribution is 5.60. The van der Waals surface area contributed by atoms with E-state index in [-0.39, 0.29) is 0 Å². The van der Waals surface area contributed by atoms with Crippen LogP contribution in [-0.2, 0) is 0 Å². The van der Waals surface area contributed by atoms with E-state index in [1.54, 1.807) is 0 Å². The van der Waals surface area contributed by atoms with Gasteiger partial charge in [-0.1, -0.05) is 19.9 Å². The van der Waals surface area contributed by atoms with Crippen molar-refractivity contribution in [3.63, 3.8) is 0 Å². The lowest BCUT2D eigenvalue weighted by Crippen LogP contribution is -2.47. The van der Waals surface area contributed by atoms with Crippen molar-refractivity contribution < 1.29 is 0 Å². The summed E-state index contributed by atoms with van der Waals surface area (Å²) in [6, 6.07) is 8.49. The minimum atomic E-state index is 0.723. The monoisotopic (exact) mass is 257 g/mol. The predicted molar refractivity (Wildman–Crippen MR) is 79.4 cm³/mol. The van der Waals surface area contributed by atoms with Crippen molar-refractivity contribution in [2.24, 2.45) is 5.92 Å². The van der Waals surface area contributed by atoms with Gasteiger partial charge in [0.05, 0.1) is 11.3 Å². The van der Waals surface area contributed by atoms with Gasteiger partial charge in [-0.2, -0.15) is 5.26 Å². The standard InChI is InChI=1S/C16H23N3/c1-13(2)12-18-6-8-19(9-7-18)16-5-4-14(3)10-15(16)11-17/h4-5,10,13H,6-9,12H2,1-3H3. The van der Waals surface area contributed by atoms with Gasteiger partial charge in [0, 0.05) is 32.7 Å². The molecule has 0 amide bonds. The Hall–Kier alpha value is -1.53. The lowest BCUT2D eigenvalue weighted by Gasteiger charge is -2.37. The molecule has 0 radical (unpaired) electrons. The van der Waals surface area contributed by atoms with Gasteiger partial charge in [0.15, 0.2) is 0 Å². The highest BCUT2D eigenvalue weighted by Crippen LogP contribution is 2.22. The third-order valence-electron chi connectivity index (χ3n) is 3.61. The molecule has 1 aliphatic rings. The highest BCUT2D eigenvalue weighted by atomic mass is 15.3. The maximum atomic E-state index is 9.26. The van der Waals surface area contributed by atoms with Gasteiger partial charge in [0.25, 0.3) is 0 Å². The molecule has 2 rings (SSSR count). The molecular weight excluding hydrogens is 234 g/mol. The van der Waals surface area contributed by atoms with Crippen LogP contribution in [0.5, 0.6) is 0 Å². The first kappa shape index (κ1) is 13.9. The van der Waals surface area contributed by atoms with Crippen LogP contribution >= 0.6 is 0 Å². The molecule has 0 saturated carbocycles. The van der Waals surface area contributed by atoms with E-state index >= 15 is 0 Å². The largest absolute Gasteiger partial charge is 0.368 e. The zero-order chi connectivity index (χ0) is 13.8. The van der Waals surface area contributed by atoms with Gasteiger partial charge < -0.3 is 4.90 Å². The number of hydrogen-bond acceptors (Lipinski definition) is 3. The van der Waals surface area contributed by atoms with Crippen LogP contribution in [0, 0.1) is 24.2 Å². The third-order valence-corrected chi connectivity index (χ3v) is 3.61. The Labute approximate surface area is 116 Å². The average molecular weight is 257 g/mol. The van der Waals surface area contributed by atoms with E-state index in [0.717, 1.165) is 48.9 Å². The lowest BCUT2D eigenvalue weighted by molar-refractivity contribution is 0.231. The number of rotatable bonds is 3. The first-order valence-corrected chi connectivity index (χ1v) is 7.08. The Bertz CT molecular complexity index is 465. The maximum Gasteiger partial charge on any atom is 0.101 e. The second-order valence-corrected chi connectivity index (χ2v) is 5.81. The Morgan fingerprint density at radius 1 is 1.21 bits per heavy atom. The van der Waals surface area contributed by atoms with Crippen molar-refractivity contribution in [1.29, 1.82) is 5.26 Å². The fraction of sp³-hybridized carbons (Fsp3) is 0.562. The molecule has 3 heteroatoms. The molecule has 102 valence electrons. The molecule has 1 fully saturated rings. The Morgan fingerprint density at radius 3 is 2.47 bits per heavy atom. The van der Waals surface area contributed by atoms with Crippen LogP contribution in [0.3, 0.4) is 0 Å². The molecule has 1 heterocycles. The number of benzene rings is 1. The summed E-state index contributed by atoms with van der Waals surface area (Å²) in [6.45, 7) is 12.0. The molecule has 0 N–H and O–H groups in total. The SMILES string of the molecule is Cc1ccc(N2CCN(CC(C)C)CC2)c(C#N)c1. The molecule has 1 aromatic carbocycles. The Balaban J connectivity index is 2.04. The highest BCUT2D eigenvalue weighted by Gasteiger charge is 2.19. The van der Waals surface area contributed by atoms with Gasteiger partial charge in [-0.05, 0) is 30.5 Å². The maximum absolute atomic E-state index is 9.26. The fourth-order valence-electron chi connectivity index (χ4n) is 2.70. The lowest BCUT2D eigenvalue weighted by atomic mass is 10.1. The van der Waals surface area contributed by atoms with Crippen molar-refractivity contribution in [2.45, 2.75) is 20.8 Å². The molecule has 0 aromatic heterocycles. The summed E-state index contributed by atoms with van der Waals surface area (Å²) < 4.78 is 0. The van der Waals surface area contributed by atoms with E-state index in [1.807, 2.05) is 13.0 Å². The van der Waals surface area contributed by atoms with Crippen LogP contribution in [0.25, 0.3) is 0 Å². The number of nitriles is 1. The molecule has 0 atom stereocenters. The first-order chi connectivity index (χ1) is 9.10. The van der Waals surface area contributed by atoms with Crippen molar-refractivity contribution in [3.8, 4) is 6.07 Å². The molecule has 1 aromatic rings. The Morgan fingerprint density at radius 2 is 1.89 bits per heavy atom. The van der Waals surface area contributed by atoms with Crippen molar-refractivity contribution in [3.05, 3.63) is 29.3 Å². The molecule has 19 heavy (non-hydrogen) atoms. The van der Waals surface area contributed by atoms with Crippen LogP contribution in [0.1, 0.15) is 25.0 Å². The van der Waals surface area contributed by atoms with Gasteiger partial charge in [-0.25, -0.2) is 0 Å². The van der Waals surface area contributed by atoms with Gasteiger partial charge in [-0.3, -0.25) is 4.90 Å². The van der Waals surface area contributed by atoms with Crippen molar-refractivity contribution >= 4 is 5.69 Å². The van der Waals surface area contributed by atoms with Crippen LogP contribution in [0.4, 0.5) is 5.69 Å². The molecular formula is C16H23N3. The number of hydrogen-bond donors (Lipinski definition) is 0. The van der Waals surface area contributed by atoms with E-state index in [1.165, 1.54) is 6.54 Å². The van der Waals surface area contributed by atoms with E-state index in [4.69, 9.17) is 0 Å². The summed E-state index contributed by atoms with van der Waals surface area (Å²) in [5.74, 6) is 0.723. The summed E-state index contributed by atoms with van der Waals surface area (Å²) >= 11 is 0. The van der Waals surface area contributed by atoms with Gasteiger partial charge in [0.1, 0.15) is 6.07 Å². The zero-order valence-corrected chi connectivity index (χ0v) is 12.2. The van der Waals surface area contributed by atoms with Gasteiger partial charge in [0.2, 0.25) is 0 Å². The topological polar surface area (TPSA) is 30.3 Å². The molecule has 1 aliphatic heterocycles. The average Bonchev–Trinajstić information content (AvgIpc) is 2.39. The third kappa shape index (κ3) is 3.48. The van der Waals surface area contributed by atoms with E-state index in [9.17, 15) is 5.26 Å². The second kappa shape index (κ2) is 6.08.